The molecule has 2 unspecified atom stereocenters. The summed E-state index contributed by atoms with van der Waals surface area (Å²) < 4.78 is 0. The second kappa shape index (κ2) is 4.27. The van der Waals surface area contributed by atoms with Gasteiger partial charge in [0.25, 0.3) is 0 Å². The van der Waals surface area contributed by atoms with Crippen molar-refractivity contribution in [2.45, 2.75) is 59.0 Å². The highest BCUT2D eigenvalue weighted by atomic mass is 15.2. The maximum absolute atomic E-state index is 2.64. The summed E-state index contributed by atoms with van der Waals surface area (Å²) in [6, 6.07) is 1.59. The monoisotopic (exact) mass is 168 g/mol. The van der Waals surface area contributed by atoms with E-state index in [1.54, 1.807) is 0 Å². The summed E-state index contributed by atoms with van der Waals surface area (Å²) in [4.78, 5) is 2.64. The van der Waals surface area contributed by atoms with E-state index >= 15 is 0 Å². The van der Waals surface area contributed by atoms with Crippen LogP contribution < -0.4 is 0 Å². The van der Waals surface area contributed by atoms with Crippen molar-refractivity contribution in [2.75, 3.05) is 6.54 Å². The molecule has 0 aliphatic carbocycles. The fourth-order valence-electron chi connectivity index (χ4n) is 2.15. The maximum Gasteiger partial charge on any atom is 0.00699 e. The lowest BCUT2D eigenvalue weighted by atomic mass is 9.96. The van der Waals surface area contributed by atoms with Gasteiger partial charge in [-0.3, -0.25) is 4.90 Å². The molecule has 0 bridgehead atoms. The van der Waals surface area contributed by atoms with Gasteiger partial charge in [0.05, 0.1) is 0 Å². The molecule has 1 nitrogen and oxygen atoms in total. The quantitative estimate of drug-likeness (QED) is 0.613. The van der Waals surface area contributed by atoms with Crippen molar-refractivity contribution in [3.63, 3.8) is 0 Å². The highest BCUT2D eigenvalue weighted by molar-refractivity contribution is 4.88. The zero-order valence-corrected chi connectivity index (χ0v) is 8.93. The molecular formula is C11H22N. The van der Waals surface area contributed by atoms with Gasteiger partial charge in [0.2, 0.25) is 0 Å². The Morgan fingerprint density at radius 1 is 1.17 bits per heavy atom. The Morgan fingerprint density at radius 3 is 2.08 bits per heavy atom. The number of rotatable bonds is 2. The molecule has 0 saturated carbocycles. The second-order valence-corrected chi connectivity index (χ2v) is 4.51. The molecule has 1 radical (unpaired) electrons. The largest absolute Gasteiger partial charge is 0.297 e. The van der Waals surface area contributed by atoms with Crippen molar-refractivity contribution in [1.82, 2.24) is 4.90 Å². The maximum atomic E-state index is 2.64. The predicted octanol–water partition coefficient (Wildman–Crippen LogP) is 2.86. The van der Waals surface area contributed by atoms with E-state index in [-0.39, 0.29) is 0 Å². The summed E-state index contributed by atoms with van der Waals surface area (Å²) in [5.41, 5.74) is 0. The Labute approximate surface area is 77.1 Å². The summed E-state index contributed by atoms with van der Waals surface area (Å²) in [5, 5.41) is 0. The summed E-state index contributed by atoms with van der Waals surface area (Å²) in [6.45, 7) is 10.4. The van der Waals surface area contributed by atoms with E-state index in [9.17, 15) is 0 Å². The molecule has 0 spiro atoms. The van der Waals surface area contributed by atoms with Crippen LogP contribution >= 0.6 is 0 Å². The number of hydrogen-bond acceptors (Lipinski definition) is 1. The van der Waals surface area contributed by atoms with Gasteiger partial charge in [0.1, 0.15) is 0 Å². The molecule has 0 N–H and O–H groups in total. The van der Waals surface area contributed by atoms with E-state index in [0.717, 1.165) is 12.1 Å². The first kappa shape index (κ1) is 10.0. The molecule has 0 aromatic rings. The molecule has 1 saturated heterocycles. The highest BCUT2D eigenvalue weighted by Gasteiger charge is 2.24. The Kier molecular flexibility index (Phi) is 3.57. The lowest BCUT2D eigenvalue weighted by Gasteiger charge is -2.39. The fourth-order valence-corrected chi connectivity index (χ4v) is 2.15. The van der Waals surface area contributed by atoms with Crippen LogP contribution in [0.4, 0.5) is 0 Å². The van der Waals surface area contributed by atoms with Gasteiger partial charge >= 0.3 is 0 Å². The molecule has 71 valence electrons. The number of hydrogen-bond donors (Lipinski definition) is 0. The minimum absolute atomic E-state index is 0.795. The Bertz CT molecular complexity index is 121. The van der Waals surface area contributed by atoms with Crippen molar-refractivity contribution < 1.29 is 0 Å². The third kappa shape index (κ3) is 2.48. The summed E-state index contributed by atoms with van der Waals surface area (Å²) in [5.74, 6) is 1.54. The molecule has 1 rings (SSSR count). The van der Waals surface area contributed by atoms with Crippen LogP contribution in [0.25, 0.3) is 0 Å². The van der Waals surface area contributed by atoms with E-state index in [1.165, 1.54) is 31.7 Å². The van der Waals surface area contributed by atoms with Crippen LogP contribution in [0.2, 0.25) is 0 Å². The summed E-state index contributed by atoms with van der Waals surface area (Å²) in [6.07, 6.45) is 4.19. The van der Waals surface area contributed by atoms with Gasteiger partial charge in [0, 0.05) is 18.6 Å². The Hall–Kier alpha value is -0.0400. The van der Waals surface area contributed by atoms with Gasteiger partial charge < -0.3 is 0 Å². The lowest BCUT2D eigenvalue weighted by Crippen LogP contribution is -2.45. The van der Waals surface area contributed by atoms with Crippen LogP contribution in [0, 0.1) is 5.92 Å². The van der Waals surface area contributed by atoms with Gasteiger partial charge in [-0.15, -0.1) is 0 Å². The third-order valence-corrected chi connectivity index (χ3v) is 2.87. The van der Waals surface area contributed by atoms with E-state index in [0.29, 0.717) is 0 Å². The van der Waals surface area contributed by atoms with Crippen molar-refractivity contribution in [2.24, 2.45) is 0 Å². The topological polar surface area (TPSA) is 3.24 Å². The summed E-state index contributed by atoms with van der Waals surface area (Å²) in [7, 11) is 0. The van der Waals surface area contributed by atoms with E-state index in [1.807, 2.05) is 0 Å². The van der Waals surface area contributed by atoms with Gasteiger partial charge in [-0.05, 0) is 32.6 Å². The van der Waals surface area contributed by atoms with Crippen LogP contribution in [0.5, 0.6) is 0 Å². The zero-order valence-electron chi connectivity index (χ0n) is 8.93. The minimum Gasteiger partial charge on any atom is -0.297 e. The van der Waals surface area contributed by atoms with Crippen LogP contribution in [0.3, 0.4) is 0 Å². The molecule has 1 aliphatic rings. The normalized spacial score (nSPS) is 32.8. The predicted molar refractivity (Wildman–Crippen MR) is 54.1 cm³/mol. The van der Waals surface area contributed by atoms with Crippen molar-refractivity contribution in [3.05, 3.63) is 5.92 Å². The standard InChI is InChI=1S/C11H22N/c1-9(2)8-12-10(3)6-5-7-11(12)4/h10-11H,5-8H2,1-4H3. The average molecular weight is 168 g/mol. The van der Waals surface area contributed by atoms with Crippen molar-refractivity contribution in [1.29, 1.82) is 0 Å². The fraction of sp³-hybridized carbons (Fsp3) is 0.909. The first-order chi connectivity index (χ1) is 5.61. The van der Waals surface area contributed by atoms with E-state index < -0.39 is 0 Å². The molecule has 1 heterocycles. The molecular weight excluding hydrogens is 146 g/mol. The van der Waals surface area contributed by atoms with Gasteiger partial charge in [0.15, 0.2) is 0 Å². The molecule has 1 heteroatoms. The molecule has 0 aromatic carbocycles. The van der Waals surface area contributed by atoms with Crippen LogP contribution in [-0.4, -0.2) is 23.5 Å². The van der Waals surface area contributed by atoms with Gasteiger partial charge in [-0.1, -0.05) is 20.3 Å². The van der Waals surface area contributed by atoms with Crippen LogP contribution in [0.1, 0.15) is 47.0 Å². The number of nitrogens with zero attached hydrogens (tertiary/aromatic N) is 1. The van der Waals surface area contributed by atoms with Crippen molar-refractivity contribution in [3.8, 4) is 0 Å². The molecule has 1 aliphatic heterocycles. The molecule has 12 heavy (non-hydrogen) atoms. The molecule has 0 amide bonds. The smallest absolute Gasteiger partial charge is 0.00699 e. The lowest BCUT2D eigenvalue weighted by molar-refractivity contribution is 0.109. The number of piperidine rings is 1. The van der Waals surface area contributed by atoms with E-state index in [2.05, 4.69) is 32.6 Å². The van der Waals surface area contributed by atoms with Crippen LogP contribution in [0.15, 0.2) is 0 Å². The molecule has 0 aromatic heterocycles. The second-order valence-electron chi connectivity index (χ2n) is 4.51. The Morgan fingerprint density at radius 2 is 1.67 bits per heavy atom. The first-order valence-corrected chi connectivity index (χ1v) is 5.16. The number of likely N-dealkylation sites (tertiary alicyclic amines) is 1. The Balaban J connectivity index is 2.45. The zero-order chi connectivity index (χ0) is 9.14. The SMILES string of the molecule is C[C](C)CN1C(C)CCCC1C. The minimum atomic E-state index is 0.795. The molecule has 2 atom stereocenters. The van der Waals surface area contributed by atoms with Gasteiger partial charge in [-0.2, -0.15) is 0 Å². The van der Waals surface area contributed by atoms with Crippen LogP contribution in [-0.2, 0) is 0 Å². The van der Waals surface area contributed by atoms with E-state index in [4.69, 9.17) is 0 Å². The summed E-state index contributed by atoms with van der Waals surface area (Å²) >= 11 is 0. The third-order valence-electron chi connectivity index (χ3n) is 2.87. The first-order valence-electron chi connectivity index (χ1n) is 5.16. The van der Waals surface area contributed by atoms with Gasteiger partial charge in [-0.25, -0.2) is 0 Å². The van der Waals surface area contributed by atoms with Crippen molar-refractivity contribution >= 4 is 0 Å². The average Bonchev–Trinajstić information content (AvgIpc) is 1.97. The molecule has 1 fully saturated rings. The highest BCUT2D eigenvalue weighted by Crippen LogP contribution is 2.23.